The molecule has 32 heavy (non-hydrogen) atoms. The number of β-amino-alcohol motifs (C(OH)–C–C–N with tert-alkyl or cyclic N) is 1. The van der Waals surface area contributed by atoms with Gasteiger partial charge in [-0.3, -0.25) is 4.79 Å². The van der Waals surface area contributed by atoms with Crippen molar-refractivity contribution in [2.24, 2.45) is 0 Å². The van der Waals surface area contributed by atoms with Crippen LogP contribution in [0.5, 0.6) is 0 Å². The van der Waals surface area contributed by atoms with Crippen LogP contribution in [0.15, 0.2) is 29.2 Å². The van der Waals surface area contributed by atoms with Gasteiger partial charge in [-0.2, -0.15) is 4.31 Å². The van der Waals surface area contributed by atoms with E-state index in [1.54, 1.807) is 17.0 Å². The number of amides is 1. The Kier molecular flexibility index (Phi) is 7.71. The van der Waals surface area contributed by atoms with Crippen LogP contribution in [0.1, 0.15) is 19.3 Å². The van der Waals surface area contributed by atoms with E-state index < -0.39 is 28.3 Å². The van der Waals surface area contributed by atoms with Crippen LogP contribution in [0.4, 0.5) is 0 Å². The van der Waals surface area contributed by atoms with E-state index in [4.69, 9.17) is 25.8 Å². The minimum atomic E-state index is -3.92. The molecule has 0 radical (unpaired) electrons. The van der Waals surface area contributed by atoms with Crippen molar-refractivity contribution in [3.63, 3.8) is 0 Å². The molecule has 3 aliphatic heterocycles. The lowest BCUT2D eigenvalue weighted by Gasteiger charge is -2.43. The number of sulfonamides is 1. The standard InChI is InChI=1S/C21H29ClN2O7S/c22-15-2-1-3-18(10-15)32(27,28)24-12-16(25)13-30-14-20-19(24)5-4-17(31-20)11-21(26)23-6-8-29-9-7-23/h1-3,10,16-17,19-20,25H,4-9,11-14H2/t16-,17-,19-,20+/m0/s1. The minimum absolute atomic E-state index is 0.00548. The topological polar surface area (TPSA) is 106 Å². The molecule has 3 heterocycles. The molecule has 1 aromatic carbocycles. The highest BCUT2D eigenvalue weighted by Crippen LogP contribution is 2.32. The first-order chi connectivity index (χ1) is 15.3. The summed E-state index contributed by atoms with van der Waals surface area (Å²) in [5, 5.41) is 10.6. The minimum Gasteiger partial charge on any atom is -0.389 e. The summed E-state index contributed by atoms with van der Waals surface area (Å²) in [7, 11) is -3.92. The van der Waals surface area contributed by atoms with Crippen LogP contribution in [0.25, 0.3) is 0 Å². The molecule has 0 unspecified atom stereocenters. The molecule has 0 spiro atoms. The van der Waals surface area contributed by atoms with E-state index in [1.165, 1.54) is 16.4 Å². The summed E-state index contributed by atoms with van der Waals surface area (Å²) >= 11 is 6.03. The number of halogens is 1. The maximum absolute atomic E-state index is 13.5. The van der Waals surface area contributed by atoms with Gasteiger partial charge < -0.3 is 24.2 Å². The van der Waals surface area contributed by atoms with E-state index in [9.17, 15) is 18.3 Å². The smallest absolute Gasteiger partial charge is 0.243 e. The Morgan fingerprint density at radius 1 is 1.16 bits per heavy atom. The van der Waals surface area contributed by atoms with Crippen molar-refractivity contribution in [2.45, 2.75) is 48.5 Å². The molecule has 11 heteroatoms. The fraction of sp³-hybridized carbons (Fsp3) is 0.667. The molecular formula is C21H29ClN2O7S. The Bertz CT molecular complexity index is 909. The molecule has 1 N–H and O–H groups in total. The van der Waals surface area contributed by atoms with Crippen LogP contribution in [-0.2, 0) is 29.0 Å². The number of benzene rings is 1. The van der Waals surface area contributed by atoms with Crippen molar-refractivity contribution in [3.05, 3.63) is 29.3 Å². The summed E-state index contributed by atoms with van der Waals surface area (Å²) in [5.41, 5.74) is 0. The number of nitrogens with zero attached hydrogens (tertiary/aromatic N) is 2. The van der Waals surface area contributed by atoms with Crippen molar-refractivity contribution in [2.75, 3.05) is 46.1 Å². The first kappa shape index (κ1) is 23.9. The predicted octanol–water partition coefficient (Wildman–Crippen LogP) is 0.887. The van der Waals surface area contributed by atoms with Gasteiger partial charge in [-0.15, -0.1) is 0 Å². The largest absolute Gasteiger partial charge is 0.389 e. The Hall–Kier alpha value is -1.27. The maximum atomic E-state index is 13.5. The number of rotatable bonds is 4. The SMILES string of the molecule is O=C(C[C@@H]1CC[C@H]2[C@@H](COC[C@@H](O)CN2S(=O)(=O)c2cccc(Cl)c2)O1)N1CCOCC1. The van der Waals surface area contributed by atoms with Gasteiger partial charge in [0.15, 0.2) is 0 Å². The fourth-order valence-electron chi connectivity index (χ4n) is 4.47. The summed E-state index contributed by atoms with van der Waals surface area (Å²) in [6.45, 7) is 2.27. The van der Waals surface area contributed by atoms with Crippen LogP contribution >= 0.6 is 11.6 Å². The van der Waals surface area contributed by atoms with Crippen LogP contribution in [-0.4, -0.2) is 99.1 Å². The Labute approximate surface area is 193 Å². The van der Waals surface area contributed by atoms with Crippen LogP contribution in [0, 0.1) is 0 Å². The molecule has 4 rings (SSSR count). The third-order valence-corrected chi connectivity index (χ3v) is 8.22. The first-order valence-corrected chi connectivity index (χ1v) is 12.7. The highest BCUT2D eigenvalue weighted by atomic mass is 35.5. The Morgan fingerprint density at radius 3 is 2.69 bits per heavy atom. The van der Waals surface area contributed by atoms with Crippen LogP contribution in [0.2, 0.25) is 5.02 Å². The monoisotopic (exact) mass is 488 g/mol. The molecule has 4 atom stereocenters. The highest BCUT2D eigenvalue weighted by molar-refractivity contribution is 7.89. The summed E-state index contributed by atoms with van der Waals surface area (Å²) in [4.78, 5) is 14.5. The van der Waals surface area contributed by atoms with Gasteiger partial charge in [0, 0.05) is 24.7 Å². The van der Waals surface area contributed by atoms with Crippen molar-refractivity contribution < 1.29 is 32.5 Å². The molecule has 9 nitrogen and oxygen atoms in total. The zero-order chi connectivity index (χ0) is 22.7. The number of aliphatic hydroxyl groups is 1. The lowest BCUT2D eigenvalue weighted by molar-refractivity contribution is -0.153. The second kappa shape index (κ2) is 10.3. The molecule has 3 aliphatic rings. The van der Waals surface area contributed by atoms with Gasteiger partial charge in [-0.25, -0.2) is 8.42 Å². The van der Waals surface area contributed by atoms with Gasteiger partial charge in [0.1, 0.15) is 0 Å². The van der Waals surface area contributed by atoms with Gasteiger partial charge in [-0.05, 0) is 31.0 Å². The zero-order valence-electron chi connectivity index (χ0n) is 17.8. The van der Waals surface area contributed by atoms with E-state index in [2.05, 4.69) is 0 Å². The van der Waals surface area contributed by atoms with Gasteiger partial charge in [0.25, 0.3) is 0 Å². The Morgan fingerprint density at radius 2 is 1.94 bits per heavy atom. The van der Waals surface area contributed by atoms with E-state index in [0.29, 0.717) is 44.2 Å². The van der Waals surface area contributed by atoms with Crippen LogP contribution in [0.3, 0.4) is 0 Å². The Balaban J connectivity index is 1.50. The number of ether oxygens (including phenoxy) is 3. The number of hydrogen-bond acceptors (Lipinski definition) is 7. The fourth-order valence-corrected chi connectivity index (χ4v) is 6.49. The zero-order valence-corrected chi connectivity index (χ0v) is 19.3. The second-order valence-corrected chi connectivity index (χ2v) is 10.7. The molecule has 0 aliphatic carbocycles. The number of hydrogen-bond donors (Lipinski definition) is 1. The second-order valence-electron chi connectivity index (χ2n) is 8.36. The predicted molar refractivity (Wildman–Crippen MR) is 116 cm³/mol. The molecule has 1 amide bonds. The lowest BCUT2D eigenvalue weighted by Crippen LogP contribution is -2.57. The van der Waals surface area contributed by atoms with Crippen molar-refractivity contribution in [3.8, 4) is 0 Å². The summed E-state index contributed by atoms with van der Waals surface area (Å²) in [5.74, 6) is 0.0161. The summed E-state index contributed by atoms with van der Waals surface area (Å²) in [6, 6.07) is 5.58. The average molecular weight is 489 g/mol. The van der Waals surface area contributed by atoms with E-state index in [0.717, 1.165) is 0 Å². The number of aliphatic hydroxyl groups excluding tert-OH is 1. The lowest BCUT2D eigenvalue weighted by atomic mass is 9.96. The number of morpholine rings is 1. The molecule has 0 saturated carbocycles. The third-order valence-electron chi connectivity index (χ3n) is 6.10. The van der Waals surface area contributed by atoms with Gasteiger partial charge in [-0.1, -0.05) is 17.7 Å². The van der Waals surface area contributed by atoms with Crippen molar-refractivity contribution >= 4 is 27.5 Å². The summed E-state index contributed by atoms with van der Waals surface area (Å²) < 4.78 is 45.3. The number of carbonyl (C=O) groups is 1. The van der Waals surface area contributed by atoms with E-state index in [1.807, 2.05) is 0 Å². The quantitative estimate of drug-likeness (QED) is 0.670. The molecule has 3 fully saturated rings. The molecule has 0 aromatic heterocycles. The average Bonchev–Trinajstić information content (AvgIpc) is 2.77. The van der Waals surface area contributed by atoms with Gasteiger partial charge in [0.2, 0.25) is 15.9 Å². The third kappa shape index (κ3) is 5.44. The molecule has 1 aromatic rings. The van der Waals surface area contributed by atoms with E-state index in [-0.39, 0.29) is 43.1 Å². The summed E-state index contributed by atoms with van der Waals surface area (Å²) in [6.07, 6.45) is -0.517. The molecular weight excluding hydrogens is 460 g/mol. The van der Waals surface area contributed by atoms with E-state index >= 15 is 0 Å². The van der Waals surface area contributed by atoms with Crippen LogP contribution < -0.4 is 0 Å². The molecule has 178 valence electrons. The molecule has 3 saturated heterocycles. The van der Waals surface area contributed by atoms with Crippen molar-refractivity contribution in [1.29, 1.82) is 0 Å². The highest BCUT2D eigenvalue weighted by Gasteiger charge is 2.43. The van der Waals surface area contributed by atoms with Crippen molar-refractivity contribution in [1.82, 2.24) is 9.21 Å². The first-order valence-electron chi connectivity index (χ1n) is 10.9. The number of fused-ring (bicyclic) bond motifs is 1. The molecule has 0 bridgehead atoms. The maximum Gasteiger partial charge on any atom is 0.243 e. The van der Waals surface area contributed by atoms with Gasteiger partial charge >= 0.3 is 0 Å². The number of carbonyl (C=O) groups excluding carboxylic acids is 1. The van der Waals surface area contributed by atoms with Gasteiger partial charge in [0.05, 0.1) is 62.1 Å². The normalized spacial score (nSPS) is 30.2.